The van der Waals surface area contributed by atoms with Crippen molar-refractivity contribution in [2.45, 2.75) is 31.8 Å². The number of aromatic nitrogens is 1. The van der Waals surface area contributed by atoms with Gasteiger partial charge in [0.2, 0.25) is 5.91 Å². The van der Waals surface area contributed by atoms with Gasteiger partial charge in [0.05, 0.1) is 18.2 Å². The molecule has 6 heteroatoms. The molecule has 1 aromatic rings. The Morgan fingerprint density at radius 2 is 2.44 bits per heavy atom. The van der Waals surface area contributed by atoms with Crippen LogP contribution in [-0.4, -0.2) is 23.6 Å². The minimum atomic E-state index is -0.0938. The Labute approximate surface area is 119 Å². The molecule has 0 aliphatic carbocycles. The Bertz CT molecular complexity index is 436. The number of hydrogen-bond acceptors (Lipinski definition) is 3. The minimum Gasteiger partial charge on any atom is -0.378 e. The first-order chi connectivity index (χ1) is 8.65. The number of hydrogen-bond donors (Lipinski definition) is 1. The summed E-state index contributed by atoms with van der Waals surface area (Å²) in [6.45, 7) is 0.747. The van der Waals surface area contributed by atoms with Crippen LogP contribution in [0, 0.1) is 0 Å². The van der Waals surface area contributed by atoms with Gasteiger partial charge in [-0.1, -0.05) is 11.6 Å². The molecule has 2 heterocycles. The van der Waals surface area contributed by atoms with Crippen LogP contribution in [0.15, 0.2) is 16.7 Å². The number of halogens is 2. The molecule has 1 aliphatic heterocycles. The molecule has 0 spiro atoms. The minimum absolute atomic E-state index is 0.0256. The van der Waals surface area contributed by atoms with E-state index in [1.807, 2.05) is 0 Å². The second-order valence-corrected chi connectivity index (χ2v) is 5.51. The van der Waals surface area contributed by atoms with Crippen molar-refractivity contribution in [3.63, 3.8) is 0 Å². The van der Waals surface area contributed by atoms with Crippen molar-refractivity contribution in [3.8, 4) is 0 Å². The van der Waals surface area contributed by atoms with E-state index in [4.69, 9.17) is 16.3 Å². The van der Waals surface area contributed by atoms with Crippen molar-refractivity contribution in [2.75, 3.05) is 11.9 Å². The molecule has 1 aliphatic rings. The summed E-state index contributed by atoms with van der Waals surface area (Å²) in [5, 5.41) is 3.04. The topological polar surface area (TPSA) is 51.2 Å². The highest BCUT2D eigenvalue weighted by atomic mass is 79.9. The quantitative estimate of drug-likeness (QED) is 0.863. The SMILES string of the molecule is O=C(CC1CCCCO1)Nc1cc(Br)cnc1Cl. The van der Waals surface area contributed by atoms with E-state index in [0.29, 0.717) is 12.1 Å². The van der Waals surface area contributed by atoms with Crippen LogP contribution >= 0.6 is 27.5 Å². The summed E-state index contributed by atoms with van der Waals surface area (Å²) in [6, 6.07) is 1.73. The number of carbonyl (C=O) groups excluding carboxylic acids is 1. The van der Waals surface area contributed by atoms with Crippen LogP contribution in [0.5, 0.6) is 0 Å². The Morgan fingerprint density at radius 3 is 3.17 bits per heavy atom. The molecule has 1 amide bonds. The molecule has 1 fully saturated rings. The van der Waals surface area contributed by atoms with Gasteiger partial charge in [-0.05, 0) is 41.3 Å². The fourth-order valence-electron chi connectivity index (χ4n) is 1.89. The van der Waals surface area contributed by atoms with Crippen molar-refractivity contribution < 1.29 is 9.53 Å². The van der Waals surface area contributed by atoms with Crippen LogP contribution in [0.1, 0.15) is 25.7 Å². The number of nitrogens with zero attached hydrogens (tertiary/aromatic N) is 1. The lowest BCUT2D eigenvalue weighted by molar-refractivity contribution is -0.119. The number of pyridine rings is 1. The Hall–Kier alpha value is -0.650. The van der Waals surface area contributed by atoms with Gasteiger partial charge in [-0.3, -0.25) is 4.79 Å². The van der Waals surface area contributed by atoms with Crippen molar-refractivity contribution in [3.05, 3.63) is 21.9 Å². The molecule has 18 heavy (non-hydrogen) atoms. The van der Waals surface area contributed by atoms with Crippen LogP contribution in [0.4, 0.5) is 5.69 Å². The number of amides is 1. The van der Waals surface area contributed by atoms with Gasteiger partial charge in [0.1, 0.15) is 0 Å². The first kappa shape index (κ1) is 13.8. The average molecular weight is 334 g/mol. The van der Waals surface area contributed by atoms with Crippen LogP contribution in [0.2, 0.25) is 5.15 Å². The van der Waals surface area contributed by atoms with Gasteiger partial charge in [0, 0.05) is 17.3 Å². The number of rotatable bonds is 3. The molecule has 1 atom stereocenters. The molecular weight excluding hydrogens is 320 g/mol. The zero-order valence-corrected chi connectivity index (χ0v) is 12.1. The van der Waals surface area contributed by atoms with Crippen LogP contribution < -0.4 is 5.32 Å². The van der Waals surface area contributed by atoms with Gasteiger partial charge < -0.3 is 10.1 Å². The predicted molar refractivity (Wildman–Crippen MR) is 73.8 cm³/mol. The van der Waals surface area contributed by atoms with Crippen molar-refractivity contribution in [1.29, 1.82) is 0 Å². The molecular formula is C12H14BrClN2O2. The van der Waals surface area contributed by atoms with E-state index >= 15 is 0 Å². The van der Waals surface area contributed by atoms with Gasteiger partial charge >= 0.3 is 0 Å². The van der Waals surface area contributed by atoms with Crippen molar-refractivity contribution in [1.82, 2.24) is 4.98 Å². The second-order valence-electron chi connectivity index (χ2n) is 4.23. The third-order valence-corrected chi connectivity index (χ3v) is 3.50. The van der Waals surface area contributed by atoms with E-state index < -0.39 is 0 Å². The molecule has 0 aromatic carbocycles. The van der Waals surface area contributed by atoms with E-state index in [2.05, 4.69) is 26.2 Å². The Morgan fingerprint density at radius 1 is 1.61 bits per heavy atom. The first-order valence-electron chi connectivity index (χ1n) is 5.87. The molecule has 2 rings (SSSR count). The largest absolute Gasteiger partial charge is 0.378 e. The fourth-order valence-corrected chi connectivity index (χ4v) is 2.37. The van der Waals surface area contributed by atoms with Crippen LogP contribution in [-0.2, 0) is 9.53 Å². The standard InChI is InChI=1S/C12H14BrClN2O2/c13-8-5-10(12(14)15-7-8)16-11(17)6-9-3-1-2-4-18-9/h5,7,9H,1-4,6H2,(H,16,17). The highest BCUT2D eigenvalue weighted by Crippen LogP contribution is 2.24. The summed E-state index contributed by atoms with van der Waals surface area (Å²) in [5.41, 5.74) is 0.520. The van der Waals surface area contributed by atoms with Crippen molar-refractivity contribution in [2.24, 2.45) is 0 Å². The van der Waals surface area contributed by atoms with Gasteiger partial charge in [-0.2, -0.15) is 0 Å². The lowest BCUT2D eigenvalue weighted by Crippen LogP contribution is -2.25. The second kappa shape index (κ2) is 6.50. The summed E-state index contributed by atoms with van der Waals surface area (Å²) in [6.07, 6.45) is 5.12. The normalized spacial score (nSPS) is 19.6. The number of ether oxygens (including phenoxy) is 1. The lowest BCUT2D eigenvalue weighted by atomic mass is 10.1. The molecule has 0 radical (unpaired) electrons. The summed E-state index contributed by atoms with van der Waals surface area (Å²) < 4.78 is 6.30. The van der Waals surface area contributed by atoms with Gasteiger partial charge in [-0.25, -0.2) is 4.98 Å². The van der Waals surface area contributed by atoms with E-state index in [0.717, 1.165) is 30.3 Å². The van der Waals surface area contributed by atoms with Crippen LogP contribution in [0.3, 0.4) is 0 Å². The summed E-state index contributed by atoms with van der Waals surface area (Å²) in [4.78, 5) is 15.8. The maximum Gasteiger partial charge on any atom is 0.227 e. The van der Waals surface area contributed by atoms with E-state index in [9.17, 15) is 4.79 Å². The number of nitrogens with one attached hydrogen (secondary N) is 1. The van der Waals surface area contributed by atoms with E-state index in [1.54, 1.807) is 12.3 Å². The highest BCUT2D eigenvalue weighted by molar-refractivity contribution is 9.10. The zero-order chi connectivity index (χ0) is 13.0. The maximum atomic E-state index is 11.9. The molecule has 0 saturated carbocycles. The molecule has 0 bridgehead atoms. The third-order valence-electron chi connectivity index (χ3n) is 2.77. The monoisotopic (exact) mass is 332 g/mol. The third kappa shape index (κ3) is 3.93. The maximum absolute atomic E-state index is 11.9. The van der Waals surface area contributed by atoms with Crippen LogP contribution in [0.25, 0.3) is 0 Å². The fraction of sp³-hybridized carbons (Fsp3) is 0.500. The molecule has 1 unspecified atom stereocenters. The van der Waals surface area contributed by atoms with Gasteiger partial charge in [-0.15, -0.1) is 0 Å². The van der Waals surface area contributed by atoms with E-state index in [1.165, 1.54) is 0 Å². The molecule has 1 aromatic heterocycles. The lowest BCUT2D eigenvalue weighted by Gasteiger charge is -2.22. The average Bonchev–Trinajstić information content (AvgIpc) is 2.35. The van der Waals surface area contributed by atoms with Gasteiger partial charge in [0.15, 0.2) is 5.15 Å². The molecule has 98 valence electrons. The van der Waals surface area contributed by atoms with E-state index in [-0.39, 0.29) is 17.2 Å². The number of anilines is 1. The zero-order valence-electron chi connectivity index (χ0n) is 9.79. The Kier molecular flexibility index (Phi) is 4.97. The number of carbonyl (C=O) groups is 1. The molecule has 4 nitrogen and oxygen atoms in total. The first-order valence-corrected chi connectivity index (χ1v) is 7.05. The van der Waals surface area contributed by atoms with Gasteiger partial charge in [0.25, 0.3) is 0 Å². The summed E-state index contributed by atoms with van der Waals surface area (Å²) >= 11 is 9.19. The van der Waals surface area contributed by atoms with Crippen molar-refractivity contribution >= 4 is 39.1 Å². The smallest absolute Gasteiger partial charge is 0.227 e. The molecule has 1 N–H and O–H groups in total. The molecule has 1 saturated heterocycles. The summed E-state index contributed by atoms with van der Waals surface area (Å²) in [7, 11) is 0. The predicted octanol–water partition coefficient (Wildman–Crippen LogP) is 3.40. The summed E-state index contributed by atoms with van der Waals surface area (Å²) in [5.74, 6) is -0.0938. The highest BCUT2D eigenvalue weighted by Gasteiger charge is 2.18. The Balaban J connectivity index is 1.92.